The molecule has 0 N–H and O–H groups in total. The molecule has 0 amide bonds. The van der Waals surface area contributed by atoms with Gasteiger partial charge >= 0.3 is 0 Å². The first-order chi connectivity index (χ1) is 9.03. The molecule has 1 aromatic heterocycles. The lowest BCUT2D eigenvalue weighted by atomic mass is 9.66. The van der Waals surface area contributed by atoms with Crippen molar-refractivity contribution in [1.82, 2.24) is 14.8 Å². The summed E-state index contributed by atoms with van der Waals surface area (Å²) in [5, 5.41) is 4.92. The van der Waals surface area contributed by atoms with Gasteiger partial charge in [-0.3, -0.25) is 0 Å². The smallest absolute Gasteiger partial charge is 0.137 e. The minimum absolute atomic E-state index is 0.0484. The fraction of sp³-hybridized carbons (Fsp3) is 0.429. The second-order valence-electron chi connectivity index (χ2n) is 5.60. The highest BCUT2D eigenvalue weighted by Gasteiger charge is 2.56. The number of hydrogen-bond acceptors (Lipinski definition) is 3. The van der Waals surface area contributed by atoms with Crippen molar-refractivity contribution in [2.45, 2.75) is 26.0 Å². The lowest BCUT2D eigenvalue weighted by Crippen LogP contribution is -2.59. The van der Waals surface area contributed by atoms with Crippen molar-refractivity contribution in [3.63, 3.8) is 0 Å². The molecule has 5 heteroatoms. The third kappa shape index (κ3) is 1.95. The van der Waals surface area contributed by atoms with Gasteiger partial charge in [-0.2, -0.15) is 5.10 Å². The summed E-state index contributed by atoms with van der Waals surface area (Å²) in [6.45, 7) is 5.82. The predicted octanol–water partition coefficient (Wildman–Crippen LogP) is 2.88. The second-order valence-corrected chi connectivity index (χ2v) is 6.04. The maximum absolute atomic E-state index is 6.00. The molecule has 1 fully saturated rings. The molecule has 1 saturated heterocycles. The minimum atomic E-state index is -0.370. The van der Waals surface area contributed by atoms with Crippen LogP contribution < -0.4 is 0 Å². The first kappa shape index (κ1) is 12.6. The van der Waals surface area contributed by atoms with E-state index >= 15 is 0 Å². The standard InChI is InChI=1S/C14H16ClN3O/c1-13(2)8-19-14(13,7-18-10-16-9-17-18)11-3-5-12(15)6-4-11/h3-6,9-10H,7-8H2,1-2H3. The van der Waals surface area contributed by atoms with Crippen LogP contribution in [-0.2, 0) is 16.9 Å². The van der Waals surface area contributed by atoms with E-state index in [0.29, 0.717) is 6.54 Å². The Bertz CT molecular complexity index is 565. The Morgan fingerprint density at radius 1 is 1.32 bits per heavy atom. The number of benzene rings is 1. The fourth-order valence-electron chi connectivity index (χ4n) is 2.62. The Morgan fingerprint density at radius 2 is 2.05 bits per heavy atom. The topological polar surface area (TPSA) is 39.9 Å². The Kier molecular flexibility index (Phi) is 2.87. The van der Waals surface area contributed by atoms with Crippen LogP contribution in [0.15, 0.2) is 36.9 Å². The lowest BCUT2D eigenvalue weighted by molar-refractivity contribution is -0.269. The van der Waals surface area contributed by atoms with Crippen LogP contribution in [-0.4, -0.2) is 21.4 Å². The van der Waals surface area contributed by atoms with Gasteiger partial charge in [-0.05, 0) is 17.7 Å². The zero-order chi connectivity index (χ0) is 13.5. The van der Waals surface area contributed by atoms with Gasteiger partial charge in [-0.1, -0.05) is 37.6 Å². The average Bonchev–Trinajstić information content (AvgIpc) is 2.88. The average molecular weight is 278 g/mol. The van der Waals surface area contributed by atoms with Crippen LogP contribution in [0.1, 0.15) is 19.4 Å². The number of ether oxygens (including phenoxy) is 1. The number of rotatable bonds is 3. The molecule has 0 aliphatic carbocycles. The van der Waals surface area contributed by atoms with Crippen LogP contribution in [0, 0.1) is 5.41 Å². The number of halogens is 1. The zero-order valence-corrected chi connectivity index (χ0v) is 11.8. The van der Waals surface area contributed by atoms with Gasteiger partial charge < -0.3 is 4.74 Å². The number of aromatic nitrogens is 3. The van der Waals surface area contributed by atoms with E-state index in [1.807, 2.05) is 28.9 Å². The van der Waals surface area contributed by atoms with Crippen LogP contribution in [0.3, 0.4) is 0 Å². The van der Waals surface area contributed by atoms with Gasteiger partial charge in [0.15, 0.2) is 0 Å². The molecule has 2 heterocycles. The Morgan fingerprint density at radius 3 is 2.53 bits per heavy atom. The summed E-state index contributed by atoms with van der Waals surface area (Å²) in [6.07, 6.45) is 3.26. The first-order valence-electron chi connectivity index (χ1n) is 6.26. The van der Waals surface area contributed by atoms with E-state index in [1.54, 1.807) is 12.7 Å². The van der Waals surface area contributed by atoms with Gasteiger partial charge in [0.2, 0.25) is 0 Å². The summed E-state index contributed by atoms with van der Waals surface area (Å²) >= 11 is 5.97. The summed E-state index contributed by atoms with van der Waals surface area (Å²) in [7, 11) is 0. The van der Waals surface area contributed by atoms with Crippen molar-refractivity contribution in [1.29, 1.82) is 0 Å². The number of hydrogen-bond donors (Lipinski definition) is 0. The SMILES string of the molecule is CC1(C)COC1(Cn1cncn1)c1ccc(Cl)cc1. The molecule has 1 unspecified atom stereocenters. The summed E-state index contributed by atoms with van der Waals surface area (Å²) in [6, 6.07) is 7.86. The van der Waals surface area contributed by atoms with E-state index < -0.39 is 0 Å². The van der Waals surface area contributed by atoms with Crippen molar-refractivity contribution < 1.29 is 4.74 Å². The van der Waals surface area contributed by atoms with Gasteiger partial charge in [0, 0.05) is 10.4 Å². The fourth-order valence-corrected chi connectivity index (χ4v) is 2.75. The molecule has 0 spiro atoms. The molecule has 2 aromatic rings. The van der Waals surface area contributed by atoms with Crippen molar-refractivity contribution >= 4 is 11.6 Å². The second kappa shape index (κ2) is 4.32. The van der Waals surface area contributed by atoms with E-state index in [1.165, 1.54) is 0 Å². The third-order valence-electron chi connectivity index (χ3n) is 3.93. The largest absolute Gasteiger partial charge is 0.367 e. The Labute approximate surface area is 117 Å². The van der Waals surface area contributed by atoms with E-state index in [2.05, 4.69) is 23.9 Å². The zero-order valence-electron chi connectivity index (χ0n) is 11.0. The van der Waals surface area contributed by atoms with Gasteiger partial charge in [0.25, 0.3) is 0 Å². The molecule has 4 nitrogen and oxygen atoms in total. The van der Waals surface area contributed by atoms with Gasteiger partial charge in [0.05, 0.1) is 13.2 Å². The molecule has 1 atom stereocenters. The summed E-state index contributed by atoms with van der Waals surface area (Å²) in [5.41, 5.74) is 0.807. The summed E-state index contributed by atoms with van der Waals surface area (Å²) in [4.78, 5) is 4.00. The molecule has 0 bridgehead atoms. The van der Waals surface area contributed by atoms with E-state index in [4.69, 9.17) is 16.3 Å². The first-order valence-corrected chi connectivity index (χ1v) is 6.64. The van der Waals surface area contributed by atoms with Crippen molar-refractivity contribution in [3.8, 4) is 0 Å². The van der Waals surface area contributed by atoms with E-state index in [-0.39, 0.29) is 11.0 Å². The Hall–Kier alpha value is -1.39. The molecule has 1 aliphatic heterocycles. The van der Waals surface area contributed by atoms with Gasteiger partial charge in [0.1, 0.15) is 18.3 Å². The monoisotopic (exact) mass is 277 g/mol. The highest BCUT2D eigenvalue weighted by atomic mass is 35.5. The van der Waals surface area contributed by atoms with E-state index in [0.717, 1.165) is 17.2 Å². The molecule has 19 heavy (non-hydrogen) atoms. The maximum Gasteiger partial charge on any atom is 0.137 e. The summed E-state index contributed by atoms with van der Waals surface area (Å²) < 4.78 is 7.82. The third-order valence-corrected chi connectivity index (χ3v) is 4.19. The highest BCUT2D eigenvalue weighted by Crippen LogP contribution is 2.52. The summed E-state index contributed by atoms with van der Waals surface area (Å²) in [5.74, 6) is 0. The number of nitrogens with zero attached hydrogens (tertiary/aromatic N) is 3. The molecule has 100 valence electrons. The van der Waals surface area contributed by atoms with Crippen molar-refractivity contribution in [2.75, 3.05) is 6.61 Å². The predicted molar refractivity (Wildman–Crippen MR) is 72.9 cm³/mol. The lowest BCUT2D eigenvalue weighted by Gasteiger charge is -2.55. The van der Waals surface area contributed by atoms with E-state index in [9.17, 15) is 0 Å². The van der Waals surface area contributed by atoms with Crippen LogP contribution in [0.4, 0.5) is 0 Å². The molecular weight excluding hydrogens is 262 g/mol. The molecule has 1 aromatic carbocycles. The van der Waals surface area contributed by atoms with Crippen LogP contribution in [0.2, 0.25) is 5.02 Å². The molecule has 1 aliphatic rings. The van der Waals surface area contributed by atoms with Crippen LogP contribution in [0.25, 0.3) is 0 Å². The van der Waals surface area contributed by atoms with Crippen molar-refractivity contribution in [2.24, 2.45) is 5.41 Å². The molecule has 0 radical (unpaired) electrons. The van der Waals surface area contributed by atoms with Crippen molar-refractivity contribution in [3.05, 3.63) is 47.5 Å². The Balaban J connectivity index is 2.00. The molecule has 3 rings (SSSR count). The van der Waals surface area contributed by atoms with Crippen LogP contribution >= 0.6 is 11.6 Å². The maximum atomic E-state index is 6.00. The van der Waals surface area contributed by atoms with Crippen LogP contribution in [0.5, 0.6) is 0 Å². The quantitative estimate of drug-likeness (QED) is 0.866. The van der Waals surface area contributed by atoms with Gasteiger partial charge in [-0.25, -0.2) is 9.67 Å². The molecule has 0 saturated carbocycles. The normalized spacial score (nSPS) is 25.0. The van der Waals surface area contributed by atoms with Gasteiger partial charge in [-0.15, -0.1) is 0 Å². The molecular formula is C14H16ClN3O. The minimum Gasteiger partial charge on any atom is -0.367 e. The highest BCUT2D eigenvalue weighted by molar-refractivity contribution is 6.30.